The minimum absolute atomic E-state index is 0.471. The smallest absolute Gasteiger partial charge is 0.213 e. The van der Waals surface area contributed by atoms with E-state index in [4.69, 9.17) is 5.73 Å². The molecule has 1 aromatic carbocycles. The van der Waals surface area contributed by atoms with Crippen LogP contribution in [0.2, 0.25) is 0 Å². The predicted octanol–water partition coefficient (Wildman–Crippen LogP) is 2.60. The van der Waals surface area contributed by atoms with Gasteiger partial charge in [0, 0.05) is 6.54 Å². The molecule has 2 heterocycles. The van der Waals surface area contributed by atoms with E-state index in [2.05, 4.69) is 55.4 Å². The number of halogens is 1. The van der Waals surface area contributed by atoms with Crippen LogP contribution in [0.3, 0.4) is 0 Å². The van der Waals surface area contributed by atoms with Crippen molar-refractivity contribution in [2.45, 2.75) is 19.9 Å². The van der Waals surface area contributed by atoms with Crippen molar-refractivity contribution < 1.29 is 0 Å². The fourth-order valence-corrected chi connectivity index (χ4v) is 2.71. The van der Waals surface area contributed by atoms with Crippen molar-refractivity contribution in [1.82, 2.24) is 14.4 Å². The molecule has 0 aliphatic rings. The summed E-state index contributed by atoms with van der Waals surface area (Å²) in [5.74, 6) is 0.834. The number of nitrogens with one attached hydrogen (secondary N) is 1. The lowest BCUT2D eigenvalue weighted by Crippen LogP contribution is -1.97. The normalized spacial score (nSPS) is 11.7. The van der Waals surface area contributed by atoms with Crippen molar-refractivity contribution in [3.05, 3.63) is 34.1 Å². The number of nitrogens with zero attached hydrogens (tertiary/aromatic N) is 2. The van der Waals surface area contributed by atoms with Gasteiger partial charge in [0.1, 0.15) is 4.60 Å². The van der Waals surface area contributed by atoms with Crippen molar-refractivity contribution in [2.24, 2.45) is 5.73 Å². The van der Waals surface area contributed by atoms with Gasteiger partial charge in [0.2, 0.25) is 5.78 Å². The number of hydrogen-bond acceptors (Lipinski definition) is 2. The first kappa shape index (κ1) is 10.8. The Bertz CT molecular complexity index is 695. The summed E-state index contributed by atoms with van der Waals surface area (Å²) in [4.78, 5) is 7.80. The first-order chi connectivity index (χ1) is 8.24. The predicted molar refractivity (Wildman–Crippen MR) is 72.0 cm³/mol. The fourth-order valence-electron chi connectivity index (χ4n) is 2.09. The number of aryl methyl sites for hydroxylation is 1. The number of hydrogen-bond donors (Lipinski definition) is 2. The van der Waals surface area contributed by atoms with Crippen LogP contribution in [-0.4, -0.2) is 14.4 Å². The van der Waals surface area contributed by atoms with Crippen LogP contribution in [0.1, 0.15) is 18.2 Å². The summed E-state index contributed by atoms with van der Waals surface area (Å²) < 4.78 is 3.01. The van der Waals surface area contributed by atoms with Crippen LogP contribution in [-0.2, 0) is 13.0 Å². The van der Waals surface area contributed by atoms with Crippen LogP contribution in [0.4, 0.5) is 0 Å². The second-order valence-electron chi connectivity index (χ2n) is 4.05. The van der Waals surface area contributed by atoms with Crippen molar-refractivity contribution >= 4 is 32.7 Å². The van der Waals surface area contributed by atoms with Gasteiger partial charge in [-0.15, -0.1) is 0 Å². The summed E-state index contributed by atoms with van der Waals surface area (Å²) >= 11 is 3.56. The number of imidazole rings is 2. The zero-order valence-electron chi connectivity index (χ0n) is 9.50. The molecule has 88 valence electrons. The van der Waals surface area contributed by atoms with Crippen molar-refractivity contribution in [3.8, 4) is 0 Å². The monoisotopic (exact) mass is 292 g/mol. The van der Waals surface area contributed by atoms with Crippen molar-refractivity contribution in [1.29, 1.82) is 0 Å². The molecular weight excluding hydrogens is 280 g/mol. The molecule has 0 radical (unpaired) electrons. The second kappa shape index (κ2) is 3.85. The molecule has 3 aromatic rings. The van der Waals surface area contributed by atoms with E-state index in [9.17, 15) is 0 Å². The summed E-state index contributed by atoms with van der Waals surface area (Å²) in [6.45, 7) is 2.62. The minimum Gasteiger partial charge on any atom is -0.325 e. The van der Waals surface area contributed by atoms with Gasteiger partial charge in [-0.25, -0.2) is 4.98 Å². The Morgan fingerprint density at radius 1 is 1.47 bits per heavy atom. The Balaban J connectivity index is 2.37. The lowest BCUT2D eigenvalue weighted by atomic mass is 10.1. The molecule has 0 unspecified atom stereocenters. The van der Waals surface area contributed by atoms with E-state index < -0.39 is 0 Å². The van der Waals surface area contributed by atoms with Gasteiger partial charge in [0.25, 0.3) is 0 Å². The SMILES string of the molecule is CCc1ccc2c(c1)nc1[nH]c(CN)c(Br)n12. The van der Waals surface area contributed by atoms with E-state index >= 15 is 0 Å². The Morgan fingerprint density at radius 3 is 3.00 bits per heavy atom. The zero-order valence-corrected chi connectivity index (χ0v) is 11.1. The number of nitrogens with two attached hydrogens (primary N) is 1. The fraction of sp³-hybridized carbons (Fsp3) is 0.250. The Kier molecular flexibility index (Phi) is 2.45. The third-order valence-electron chi connectivity index (χ3n) is 3.04. The number of fused-ring (bicyclic) bond motifs is 3. The molecule has 0 aliphatic heterocycles. The number of rotatable bonds is 2. The van der Waals surface area contributed by atoms with Gasteiger partial charge in [-0.1, -0.05) is 13.0 Å². The third-order valence-corrected chi connectivity index (χ3v) is 3.87. The number of H-pyrrole nitrogens is 1. The van der Waals surface area contributed by atoms with Crippen LogP contribution in [0, 0.1) is 0 Å². The summed E-state index contributed by atoms with van der Waals surface area (Å²) in [5.41, 5.74) is 10.0. The van der Waals surface area contributed by atoms with Gasteiger partial charge < -0.3 is 10.7 Å². The van der Waals surface area contributed by atoms with Gasteiger partial charge in [0.15, 0.2) is 0 Å². The average Bonchev–Trinajstić information content (AvgIpc) is 2.85. The van der Waals surface area contributed by atoms with Gasteiger partial charge in [-0.2, -0.15) is 0 Å². The van der Waals surface area contributed by atoms with Gasteiger partial charge in [0.05, 0.1) is 16.7 Å². The standard InChI is InChI=1S/C12H13BrN4/c1-2-7-3-4-10-8(5-7)15-12-16-9(6-14)11(13)17(10)12/h3-5H,2,6,14H2,1H3,(H,15,16). The Morgan fingerprint density at radius 2 is 2.29 bits per heavy atom. The molecule has 0 saturated carbocycles. The molecule has 3 rings (SSSR count). The number of aromatic nitrogens is 3. The minimum atomic E-state index is 0.471. The molecule has 0 bridgehead atoms. The van der Waals surface area contributed by atoms with Gasteiger partial charge >= 0.3 is 0 Å². The summed E-state index contributed by atoms with van der Waals surface area (Å²) in [5, 5.41) is 0. The van der Waals surface area contributed by atoms with E-state index in [0.29, 0.717) is 6.54 Å². The zero-order chi connectivity index (χ0) is 12.0. The molecule has 4 nitrogen and oxygen atoms in total. The highest BCUT2D eigenvalue weighted by molar-refractivity contribution is 9.10. The van der Waals surface area contributed by atoms with E-state index in [1.54, 1.807) is 0 Å². The highest BCUT2D eigenvalue weighted by Crippen LogP contribution is 2.25. The van der Waals surface area contributed by atoms with E-state index in [1.165, 1.54) is 5.56 Å². The summed E-state index contributed by atoms with van der Waals surface area (Å²) in [6.07, 6.45) is 1.02. The molecule has 2 aromatic heterocycles. The largest absolute Gasteiger partial charge is 0.325 e. The first-order valence-electron chi connectivity index (χ1n) is 5.62. The average molecular weight is 293 g/mol. The molecule has 0 aliphatic carbocycles. The van der Waals surface area contributed by atoms with Crippen LogP contribution < -0.4 is 5.73 Å². The lowest BCUT2D eigenvalue weighted by molar-refractivity contribution is 1.00. The molecule has 0 saturated heterocycles. The molecule has 3 N–H and O–H groups in total. The van der Waals surface area contributed by atoms with Crippen LogP contribution in [0.5, 0.6) is 0 Å². The van der Waals surface area contributed by atoms with E-state index in [-0.39, 0.29) is 0 Å². The number of benzene rings is 1. The van der Waals surface area contributed by atoms with Crippen LogP contribution in [0.15, 0.2) is 22.8 Å². The molecule has 0 atom stereocenters. The maximum atomic E-state index is 5.66. The van der Waals surface area contributed by atoms with Gasteiger partial charge in [-0.3, -0.25) is 4.40 Å². The van der Waals surface area contributed by atoms with Gasteiger partial charge in [-0.05, 0) is 40.0 Å². The second-order valence-corrected chi connectivity index (χ2v) is 4.80. The highest BCUT2D eigenvalue weighted by atomic mass is 79.9. The summed E-state index contributed by atoms with van der Waals surface area (Å²) in [6, 6.07) is 6.37. The number of aromatic amines is 1. The summed E-state index contributed by atoms with van der Waals surface area (Å²) in [7, 11) is 0. The van der Waals surface area contributed by atoms with Crippen molar-refractivity contribution in [2.75, 3.05) is 0 Å². The van der Waals surface area contributed by atoms with E-state index in [0.717, 1.165) is 33.5 Å². The Hall–Kier alpha value is -1.33. The molecule has 0 amide bonds. The topological polar surface area (TPSA) is 59.1 Å². The highest BCUT2D eigenvalue weighted by Gasteiger charge is 2.13. The maximum absolute atomic E-state index is 5.66. The molecular formula is C12H13BrN4. The Labute approximate surface area is 107 Å². The maximum Gasteiger partial charge on any atom is 0.213 e. The third kappa shape index (κ3) is 1.50. The van der Waals surface area contributed by atoms with E-state index in [1.807, 2.05) is 0 Å². The lowest BCUT2D eigenvalue weighted by Gasteiger charge is -1.97. The van der Waals surface area contributed by atoms with Crippen LogP contribution in [0.25, 0.3) is 16.8 Å². The first-order valence-corrected chi connectivity index (χ1v) is 6.41. The van der Waals surface area contributed by atoms with Crippen LogP contribution >= 0.6 is 15.9 Å². The molecule has 5 heteroatoms. The molecule has 17 heavy (non-hydrogen) atoms. The quantitative estimate of drug-likeness (QED) is 0.763. The van der Waals surface area contributed by atoms with Crippen molar-refractivity contribution in [3.63, 3.8) is 0 Å². The molecule has 0 spiro atoms. The molecule has 0 fully saturated rings.